The topological polar surface area (TPSA) is 98.9 Å². The van der Waals surface area contributed by atoms with E-state index in [1.807, 2.05) is 38.1 Å². The van der Waals surface area contributed by atoms with E-state index >= 15 is 0 Å². The molecule has 4 heterocycles. The van der Waals surface area contributed by atoms with Gasteiger partial charge < -0.3 is 20.0 Å². The summed E-state index contributed by atoms with van der Waals surface area (Å²) in [7, 11) is 0. The lowest BCUT2D eigenvalue weighted by molar-refractivity contribution is 0.0130. The summed E-state index contributed by atoms with van der Waals surface area (Å²) in [5, 5.41) is 3.82. The van der Waals surface area contributed by atoms with E-state index in [4.69, 9.17) is 14.7 Å². The van der Waals surface area contributed by atoms with Crippen LogP contribution >= 0.6 is 0 Å². The molecule has 4 aromatic rings. The lowest BCUT2D eigenvalue weighted by atomic mass is 9.78. The Kier molecular flexibility index (Phi) is 6.12. The van der Waals surface area contributed by atoms with Gasteiger partial charge in [0.15, 0.2) is 0 Å². The average Bonchev–Trinajstić information content (AvgIpc) is 3.82. The molecule has 0 bridgehead atoms. The van der Waals surface area contributed by atoms with Crippen molar-refractivity contribution in [3.8, 4) is 44.8 Å². The molecule has 0 radical (unpaired) electrons. The van der Waals surface area contributed by atoms with Gasteiger partial charge in [-0.3, -0.25) is 4.90 Å². The molecular formula is C37H42N6O2. The third-order valence-electron chi connectivity index (χ3n) is 11.1. The first kappa shape index (κ1) is 27.4. The highest BCUT2D eigenvalue weighted by Gasteiger charge is 2.49. The molecule has 3 aliphatic carbocycles. The number of aromatic nitrogens is 4. The minimum atomic E-state index is -0.525. The van der Waals surface area contributed by atoms with Gasteiger partial charge in [0.05, 0.1) is 35.9 Å². The number of aromatic amines is 2. The summed E-state index contributed by atoms with van der Waals surface area (Å²) >= 11 is 0. The van der Waals surface area contributed by atoms with E-state index in [1.54, 1.807) is 0 Å². The van der Waals surface area contributed by atoms with Gasteiger partial charge in [0.2, 0.25) is 0 Å². The summed E-state index contributed by atoms with van der Waals surface area (Å²) in [5.74, 6) is 3.25. The summed E-state index contributed by atoms with van der Waals surface area (Å²) in [6.45, 7) is 5.80. The predicted molar refractivity (Wildman–Crippen MR) is 174 cm³/mol. The lowest BCUT2D eigenvalue weighted by Gasteiger charge is -2.31. The number of likely N-dealkylation sites (tertiary alicyclic amines) is 1. The summed E-state index contributed by atoms with van der Waals surface area (Å²) < 4.78 is 5.85. The second kappa shape index (κ2) is 10.0. The van der Waals surface area contributed by atoms with Crippen molar-refractivity contribution in [2.45, 2.75) is 102 Å². The van der Waals surface area contributed by atoms with Crippen LogP contribution < -0.4 is 5.32 Å². The van der Waals surface area contributed by atoms with Crippen LogP contribution in [0.4, 0.5) is 4.79 Å². The van der Waals surface area contributed by atoms with Gasteiger partial charge in [0.1, 0.15) is 17.2 Å². The summed E-state index contributed by atoms with van der Waals surface area (Å²) in [5.41, 5.74) is 8.93. The molecule has 1 amide bonds. The van der Waals surface area contributed by atoms with Crippen LogP contribution in [0.3, 0.4) is 0 Å². The Morgan fingerprint density at radius 1 is 0.800 bits per heavy atom. The van der Waals surface area contributed by atoms with E-state index in [1.165, 1.54) is 66.3 Å². The van der Waals surface area contributed by atoms with Gasteiger partial charge in [-0.2, -0.15) is 0 Å². The molecule has 2 aliphatic heterocycles. The zero-order valence-electron chi connectivity index (χ0n) is 26.4. The number of benzene rings is 2. The van der Waals surface area contributed by atoms with Crippen LogP contribution in [-0.4, -0.2) is 48.6 Å². The fraction of sp³-hybridized carbons (Fsp3) is 0.486. The van der Waals surface area contributed by atoms with Gasteiger partial charge in [-0.05, 0) is 106 Å². The number of carbonyl (C=O) groups excluding carboxylic acids is 1. The van der Waals surface area contributed by atoms with Gasteiger partial charge in [-0.25, -0.2) is 14.8 Å². The number of fused-ring (bicyclic) bond motifs is 6. The van der Waals surface area contributed by atoms with Crippen molar-refractivity contribution in [3.63, 3.8) is 0 Å². The Bertz CT molecular complexity index is 1790. The van der Waals surface area contributed by atoms with Crippen LogP contribution in [0.15, 0.2) is 48.8 Å². The smallest absolute Gasteiger partial charge is 0.411 e. The van der Waals surface area contributed by atoms with Gasteiger partial charge >= 0.3 is 6.09 Å². The number of rotatable bonds is 4. The number of H-pyrrole nitrogens is 2. The third-order valence-corrected chi connectivity index (χ3v) is 11.1. The zero-order chi connectivity index (χ0) is 30.4. The molecule has 3 N–H and O–H groups in total. The fourth-order valence-electron chi connectivity index (χ4n) is 9.06. The highest BCUT2D eigenvalue weighted by Crippen LogP contribution is 2.51. The standard InChI is InChI=1S/C37H42N6O2/c1-37(2,3)45-36(44)43-32-9-5-7-23(32)17-33(43)35-39-19-31(42-35)22-11-13-25-26-14-21(10-12-24(26)27(25)15-22)30-18-38-34(41-30)29-16-20-6-4-8-28(20)40-29/h10-15,18-20,23,28-29,32-33,40H,4-9,16-17H2,1-3H3,(H,38,41)(H,39,42)/t20?,23?,28?,29?,32?,33-/m0/s1. The van der Waals surface area contributed by atoms with Crippen molar-refractivity contribution in [2.24, 2.45) is 11.8 Å². The first-order valence-electron chi connectivity index (χ1n) is 17.0. The van der Waals surface area contributed by atoms with Gasteiger partial charge in [-0.15, -0.1) is 0 Å². The van der Waals surface area contributed by atoms with E-state index in [0.717, 1.165) is 47.4 Å². The molecule has 232 valence electrons. The van der Waals surface area contributed by atoms with E-state index in [0.29, 0.717) is 18.0 Å². The lowest BCUT2D eigenvalue weighted by Crippen LogP contribution is -2.41. The zero-order valence-corrected chi connectivity index (χ0v) is 26.4. The van der Waals surface area contributed by atoms with Crippen molar-refractivity contribution in [3.05, 3.63) is 60.4 Å². The quantitative estimate of drug-likeness (QED) is 0.193. The molecule has 0 spiro atoms. The molecule has 8 heteroatoms. The number of carbonyl (C=O) groups is 1. The van der Waals surface area contributed by atoms with Gasteiger partial charge in [-0.1, -0.05) is 37.1 Å². The van der Waals surface area contributed by atoms with E-state index in [-0.39, 0.29) is 18.2 Å². The number of nitrogens with zero attached hydrogens (tertiary/aromatic N) is 3. The maximum Gasteiger partial charge on any atom is 0.411 e. The number of nitrogens with one attached hydrogen (secondary N) is 3. The highest BCUT2D eigenvalue weighted by atomic mass is 16.6. The summed E-state index contributed by atoms with van der Waals surface area (Å²) in [6.07, 6.45) is 13.2. The van der Waals surface area contributed by atoms with Crippen molar-refractivity contribution >= 4 is 6.09 Å². The molecule has 5 aliphatic rings. The van der Waals surface area contributed by atoms with E-state index < -0.39 is 5.60 Å². The van der Waals surface area contributed by atoms with Crippen molar-refractivity contribution in [1.29, 1.82) is 0 Å². The minimum absolute atomic E-state index is 0.0817. The molecule has 2 saturated heterocycles. The van der Waals surface area contributed by atoms with Gasteiger partial charge in [0.25, 0.3) is 0 Å². The van der Waals surface area contributed by atoms with Crippen LogP contribution in [0.5, 0.6) is 0 Å². The Morgan fingerprint density at radius 2 is 1.44 bits per heavy atom. The van der Waals surface area contributed by atoms with Crippen molar-refractivity contribution in [2.75, 3.05) is 0 Å². The molecular weight excluding hydrogens is 560 g/mol. The molecule has 5 unspecified atom stereocenters. The van der Waals surface area contributed by atoms with Crippen molar-refractivity contribution in [1.82, 2.24) is 30.2 Å². The molecule has 2 aromatic carbocycles. The second-order valence-electron chi connectivity index (χ2n) is 15.0. The normalized spacial score (nSPS) is 28.0. The summed E-state index contributed by atoms with van der Waals surface area (Å²) in [4.78, 5) is 32.1. The largest absolute Gasteiger partial charge is 0.444 e. The Hall–Kier alpha value is -3.91. The maximum absolute atomic E-state index is 13.3. The molecule has 2 aromatic heterocycles. The van der Waals surface area contributed by atoms with E-state index in [9.17, 15) is 4.79 Å². The Labute approximate surface area is 264 Å². The average molecular weight is 603 g/mol. The number of hydrogen-bond acceptors (Lipinski definition) is 5. The number of imidazole rings is 2. The summed E-state index contributed by atoms with van der Waals surface area (Å²) in [6, 6.07) is 14.6. The molecule has 4 fully saturated rings. The molecule has 9 rings (SSSR count). The monoisotopic (exact) mass is 602 g/mol. The maximum atomic E-state index is 13.3. The van der Waals surface area contributed by atoms with Crippen LogP contribution in [0.1, 0.15) is 95.9 Å². The number of amides is 1. The first-order chi connectivity index (χ1) is 21.8. The van der Waals surface area contributed by atoms with Crippen molar-refractivity contribution < 1.29 is 9.53 Å². The molecule has 2 saturated carbocycles. The SMILES string of the molecule is CC(C)(C)OC(=O)N1C2CCCC2C[C@H]1c1ncc(-c2ccc3c(c2)-c2ccc(-c4cnc(C5CC6CCCC6N5)[nH]4)cc2-3)[nH]1. The number of ether oxygens (including phenoxy) is 1. The third kappa shape index (κ3) is 4.55. The molecule has 45 heavy (non-hydrogen) atoms. The number of hydrogen-bond donors (Lipinski definition) is 3. The highest BCUT2D eigenvalue weighted by molar-refractivity contribution is 6.04. The minimum Gasteiger partial charge on any atom is -0.444 e. The fourth-order valence-corrected chi connectivity index (χ4v) is 9.06. The molecule has 6 atom stereocenters. The van der Waals surface area contributed by atoms with E-state index in [2.05, 4.69) is 51.7 Å². The van der Waals surface area contributed by atoms with Crippen LogP contribution in [0.2, 0.25) is 0 Å². The van der Waals surface area contributed by atoms with Crippen LogP contribution in [0, 0.1) is 11.8 Å². The predicted octanol–water partition coefficient (Wildman–Crippen LogP) is 8.17. The van der Waals surface area contributed by atoms with Crippen LogP contribution in [-0.2, 0) is 4.74 Å². The first-order valence-corrected chi connectivity index (χ1v) is 17.0. The second-order valence-corrected chi connectivity index (χ2v) is 15.0. The Balaban J connectivity index is 0.934. The molecule has 8 nitrogen and oxygen atoms in total. The van der Waals surface area contributed by atoms with Gasteiger partial charge in [0, 0.05) is 23.2 Å². The Morgan fingerprint density at radius 3 is 2.13 bits per heavy atom. The van der Waals surface area contributed by atoms with Crippen LogP contribution in [0.25, 0.3) is 44.8 Å².